The summed E-state index contributed by atoms with van der Waals surface area (Å²) in [7, 11) is 1.89. The van der Waals surface area contributed by atoms with Crippen LogP contribution in [-0.4, -0.2) is 70.1 Å². The van der Waals surface area contributed by atoms with Crippen molar-refractivity contribution in [3.8, 4) is 0 Å². The normalized spacial score (nSPS) is 17.1. The average molecular weight is 234 g/mol. The second kappa shape index (κ2) is 4.80. The van der Waals surface area contributed by atoms with Crippen molar-refractivity contribution in [2.24, 2.45) is 4.99 Å². The van der Waals surface area contributed by atoms with Crippen molar-refractivity contribution < 1.29 is 8.42 Å². The van der Waals surface area contributed by atoms with Crippen molar-refractivity contribution in [3.63, 3.8) is 0 Å². The Hall–Kier alpha value is -0.820. The molecule has 0 unspecified atom stereocenters. The van der Waals surface area contributed by atoms with E-state index in [9.17, 15) is 8.42 Å². The summed E-state index contributed by atoms with van der Waals surface area (Å²) in [6.45, 7) is 2.06. The summed E-state index contributed by atoms with van der Waals surface area (Å²) in [6.07, 6.45) is 0. The lowest BCUT2D eigenvalue weighted by molar-refractivity contribution is 0.516. The molecule has 0 saturated heterocycles. The molecule has 1 aliphatic rings. The molecule has 0 aromatic carbocycles. The zero-order chi connectivity index (χ0) is 11.5. The molecule has 0 aromatic rings. The van der Waals surface area contributed by atoms with E-state index >= 15 is 0 Å². The van der Waals surface area contributed by atoms with E-state index in [-0.39, 0.29) is 5.75 Å². The van der Waals surface area contributed by atoms with Crippen LogP contribution in [0.3, 0.4) is 0 Å². The van der Waals surface area contributed by atoms with Gasteiger partial charge in [-0.1, -0.05) is 0 Å². The molecule has 1 N–H and O–H groups in total. The first-order chi connectivity index (χ1) is 6.93. The van der Waals surface area contributed by atoms with Crippen molar-refractivity contribution in [3.05, 3.63) is 0 Å². The third-order valence-electron chi connectivity index (χ3n) is 2.26. The van der Waals surface area contributed by atoms with Crippen molar-refractivity contribution in [1.29, 1.82) is 0 Å². The van der Waals surface area contributed by atoms with Gasteiger partial charge in [-0.3, -0.25) is 4.99 Å². The standard InChI is InChI=1S/C8H18N4O2S/c1-11(2)15(13,14)7-5-10-8-9-4-6-12(8)3/h4-7H2,1-3H3,(H,9,10). The Kier molecular flexibility index (Phi) is 3.92. The highest BCUT2D eigenvalue weighted by Gasteiger charge is 2.15. The van der Waals surface area contributed by atoms with Gasteiger partial charge in [-0.05, 0) is 0 Å². The van der Waals surface area contributed by atoms with Crippen LogP contribution in [0, 0.1) is 0 Å². The van der Waals surface area contributed by atoms with Crippen molar-refractivity contribution in [2.75, 3.05) is 46.5 Å². The lowest BCUT2D eigenvalue weighted by Gasteiger charge is -2.16. The zero-order valence-electron chi connectivity index (χ0n) is 9.39. The fourth-order valence-corrected chi connectivity index (χ4v) is 1.92. The Bertz CT molecular complexity index is 337. The van der Waals surface area contributed by atoms with Crippen LogP contribution in [0.5, 0.6) is 0 Å². The summed E-state index contributed by atoms with van der Waals surface area (Å²) < 4.78 is 24.1. The molecule has 0 fully saturated rings. The quantitative estimate of drug-likeness (QED) is 0.661. The molecule has 1 aliphatic heterocycles. The third kappa shape index (κ3) is 3.35. The molecule has 88 valence electrons. The monoisotopic (exact) mass is 234 g/mol. The van der Waals surface area contributed by atoms with Gasteiger partial charge in [-0.25, -0.2) is 12.7 Å². The van der Waals surface area contributed by atoms with Gasteiger partial charge in [0, 0.05) is 34.2 Å². The molecule has 0 amide bonds. The van der Waals surface area contributed by atoms with Gasteiger partial charge in [0.15, 0.2) is 5.96 Å². The van der Waals surface area contributed by atoms with Crippen molar-refractivity contribution in [1.82, 2.24) is 14.5 Å². The number of aliphatic imine (C=N–C) groups is 1. The maximum absolute atomic E-state index is 11.4. The van der Waals surface area contributed by atoms with Crippen LogP contribution in [-0.2, 0) is 10.0 Å². The number of sulfonamides is 1. The summed E-state index contributed by atoms with van der Waals surface area (Å²) in [6, 6.07) is 0. The third-order valence-corrected chi connectivity index (χ3v) is 4.09. The van der Waals surface area contributed by atoms with E-state index in [4.69, 9.17) is 0 Å². The van der Waals surface area contributed by atoms with E-state index in [2.05, 4.69) is 10.3 Å². The molecule has 0 aliphatic carbocycles. The first-order valence-electron chi connectivity index (χ1n) is 4.83. The van der Waals surface area contributed by atoms with Crippen LogP contribution in [0.15, 0.2) is 4.99 Å². The molecule has 7 heteroatoms. The van der Waals surface area contributed by atoms with Gasteiger partial charge >= 0.3 is 0 Å². The molecule has 15 heavy (non-hydrogen) atoms. The Balaban J connectivity index is 2.34. The molecule has 0 bridgehead atoms. The highest BCUT2D eigenvalue weighted by Crippen LogP contribution is 1.96. The summed E-state index contributed by atoms with van der Waals surface area (Å²) in [4.78, 5) is 6.18. The summed E-state index contributed by atoms with van der Waals surface area (Å²) >= 11 is 0. The number of likely N-dealkylation sites (N-methyl/N-ethyl adjacent to an activating group) is 1. The molecule has 1 rings (SSSR count). The minimum Gasteiger partial charge on any atom is -0.355 e. The second-order valence-corrected chi connectivity index (χ2v) is 5.95. The number of rotatable bonds is 4. The van der Waals surface area contributed by atoms with Crippen LogP contribution >= 0.6 is 0 Å². The fraction of sp³-hybridized carbons (Fsp3) is 0.875. The molecule has 6 nitrogen and oxygen atoms in total. The van der Waals surface area contributed by atoms with Gasteiger partial charge in [0.25, 0.3) is 0 Å². The van der Waals surface area contributed by atoms with Crippen LogP contribution in [0.1, 0.15) is 0 Å². The lowest BCUT2D eigenvalue weighted by Crippen LogP contribution is -2.39. The van der Waals surface area contributed by atoms with Crippen LogP contribution < -0.4 is 5.32 Å². The average Bonchev–Trinajstić information content (AvgIpc) is 2.51. The number of nitrogens with one attached hydrogen (secondary N) is 1. The van der Waals surface area contributed by atoms with Gasteiger partial charge in [-0.2, -0.15) is 0 Å². The highest BCUT2D eigenvalue weighted by atomic mass is 32.2. The highest BCUT2D eigenvalue weighted by molar-refractivity contribution is 7.89. The summed E-state index contributed by atoms with van der Waals surface area (Å²) in [5.41, 5.74) is 0. The molecule has 0 spiro atoms. The molecule has 0 aromatic heterocycles. The number of hydrogen-bond donors (Lipinski definition) is 1. The van der Waals surface area contributed by atoms with E-state index in [1.165, 1.54) is 18.4 Å². The summed E-state index contributed by atoms with van der Waals surface area (Å²) in [5, 5.41) is 3.01. The topological polar surface area (TPSA) is 65.0 Å². The van der Waals surface area contributed by atoms with E-state index in [0.29, 0.717) is 6.54 Å². The molecule has 0 atom stereocenters. The first kappa shape index (κ1) is 12.3. The Morgan fingerprint density at radius 3 is 2.67 bits per heavy atom. The Labute approximate surface area is 91.0 Å². The van der Waals surface area contributed by atoms with Crippen LogP contribution in [0.25, 0.3) is 0 Å². The van der Waals surface area contributed by atoms with Crippen LogP contribution in [0.4, 0.5) is 0 Å². The lowest BCUT2D eigenvalue weighted by atomic mass is 10.6. The van der Waals surface area contributed by atoms with Crippen LogP contribution in [0.2, 0.25) is 0 Å². The first-order valence-corrected chi connectivity index (χ1v) is 6.44. The van der Waals surface area contributed by atoms with E-state index in [1.807, 2.05) is 11.9 Å². The van der Waals surface area contributed by atoms with E-state index in [0.717, 1.165) is 19.0 Å². The largest absolute Gasteiger partial charge is 0.355 e. The van der Waals surface area contributed by atoms with Crippen molar-refractivity contribution >= 4 is 16.0 Å². The SMILES string of the molecule is CN1CCN=C1NCCS(=O)(=O)N(C)C. The van der Waals surface area contributed by atoms with Gasteiger partial charge in [0.05, 0.1) is 12.3 Å². The summed E-state index contributed by atoms with van der Waals surface area (Å²) in [5.74, 6) is 0.872. The molecular weight excluding hydrogens is 216 g/mol. The number of guanidine groups is 1. The number of nitrogens with zero attached hydrogens (tertiary/aromatic N) is 3. The van der Waals surface area contributed by atoms with E-state index in [1.54, 1.807) is 0 Å². The minimum absolute atomic E-state index is 0.0901. The molecule has 0 saturated carbocycles. The fourth-order valence-electron chi connectivity index (χ4n) is 1.20. The Morgan fingerprint density at radius 2 is 2.20 bits per heavy atom. The van der Waals surface area contributed by atoms with E-state index < -0.39 is 10.0 Å². The zero-order valence-corrected chi connectivity index (χ0v) is 10.2. The maximum atomic E-state index is 11.4. The minimum atomic E-state index is -3.11. The van der Waals surface area contributed by atoms with Gasteiger partial charge < -0.3 is 10.2 Å². The number of hydrogen-bond acceptors (Lipinski definition) is 5. The molecular formula is C8H18N4O2S. The molecule has 0 radical (unpaired) electrons. The van der Waals surface area contributed by atoms with Gasteiger partial charge in [0.1, 0.15) is 0 Å². The molecule has 1 heterocycles. The van der Waals surface area contributed by atoms with Gasteiger partial charge in [0.2, 0.25) is 10.0 Å². The Morgan fingerprint density at radius 1 is 1.53 bits per heavy atom. The predicted octanol–water partition coefficient (Wildman–Crippen LogP) is -1.23. The predicted molar refractivity (Wildman–Crippen MR) is 60.4 cm³/mol. The smallest absolute Gasteiger partial charge is 0.215 e. The van der Waals surface area contributed by atoms with Crippen molar-refractivity contribution in [2.45, 2.75) is 0 Å². The maximum Gasteiger partial charge on any atom is 0.215 e. The van der Waals surface area contributed by atoms with Gasteiger partial charge in [-0.15, -0.1) is 0 Å². The second-order valence-electron chi connectivity index (χ2n) is 3.65.